The van der Waals surface area contributed by atoms with Crippen LogP contribution < -0.4 is 0 Å². The summed E-state index contributed by atoms with van der Waals surface area (Å²) in [6.45, 7) is 1.99. The molecule has 3 rings (SSSR count). The number of thiophene rings is 1. The zero-order chi connectivity index (χ0) is 23.8. The highest BCUT2D eigenvalue weighted by Crippen LogP contribution is 2.48. The van der Waals surface area contributed by atoms with Crippen LogP contribution in [0.1, 0.15) is 85.7 Å². The molecule has 184 valence electrons. The van der Waals surface area contributed by atoms with Gasteiger partial charge in [0.25, 0.3) is 0 Å². The lowest BCUT2D eigenvalue weighted by atomic mass is 9.62. The van der Waals surface area contributed by atoms with Crippen molar-refractivity contribution in [1.29, 1.82) is 5.26 Å². The van der Waals surface area contributed by atoms with E-state index in [2.05, 4.69) is 13.0 Å². The predicted octanol–water partition coefficient (Wildman–Crippen LogP) is 4.47. The molecule has 2 aliphatic rings. The fourth-order valence-corrected chi connectivity index (χ4v) is 6.86. The van der Waals surface area contributed by atoms with Crippen LogP contribution in [-0.4, -0.2) is 46.7 Å². The molecule has 1 heterocycles. The molecular weight excluding hydrogens is 438 g/mol. The molecule has 0 aromatic carbocycles. The summed E-state index contributed by atoms with van der Waals surface area (Å²) < 4.78 is 4.96. The van der Waals surface area contributed by atoms with E-state index in [-0.39, 0.29) is 42.5 Å². The topological polar surface area (TPSA) is 111 Å². The van der Waals surface area contributed by atoms with E-state index < -0.39 is 12.1 Å². The van der Waals surface area contributed by atoms with Crippen molar-refractivity contribution in [2.75, 3.05) is 13.2 Å². The Kier molecular flexibility index (Phi) is 9.75. The van der Waals surface area contributed by atoms with Crippen molar-refractivity contribution < 1.29 is 24.9 Å². The van der Waals surface area contributed by atoms with Gasteiger partial charge >= 0.3 is 5.97 Å². The summed E-state index contributed by atoms with van der Waals surface area (Å²) in [4.78, 5) is 13.5. The van der Waals surface area contributed by atoms with Gasteiger partial charge in [-0.05, 0) is 87.2 Å². The predicted molar refractivity (Wildman–Crippen MR) is 128 cm³/mol. The summed E-state index contributed by atoms with van der Waals surface area (Å²) in [5.41, 5.74) is 0.118. The second kappa shape index (κ2) is 12.3. The van der Waals surface area contributed by atoms with E-state index >= 15 is 0 Å². The zero-order valence-corrected chi connectivity index (χ0v) is 20.6. The van der Waals surface area contributed by atoms with E-state index in [1.807, 2.05) is 6.07 Å². The van der Waals surface area contributed by atoms with E-state index in [4.69, 9.17) is 9.84 Å². The maximum absolute atomic E-state index is 11.9. The molecule has 3 N–H and O–H groups in total. The van der Waals surface area contributed by atoms with Gasteiger partial charge in [-0.15, -0.1) is 11.3 Å². The second-order valence-corrected chi connectivity index (χ2v) is 11.1. The molecule has 0 radical (unpaired) electrons. The summed E-state index contributed by atoms with van der Waals surface area (Å²) in [6.07, 6.45) is 9.50. The van der Waals surface area contributed by atoms with Gasteiger partial charge in [0, 0.05) is 4.88 Å². The first kappa shape index (κ1) is 26.2. The maximum atomic E-state index is 11.9. The first-order chi connectivity index (χ1) is 15.9. The Morgan fingerprint density at radius 2 is 2.06 bits per heavy atom. The Morgan fingerprint density at radius 1 is 1.30 bits per heavy atom. The molecule has 0 amide bonds. The van der Waals surface area contributed by atoms with Crippen molar-refractivity contribution >= 4 is 17.3 Å². The number of hydrogen-bond acceptors (Lipinski definition) is 7. The minimum Gasteiger partial charge on any atom is -0.459 e. The van der Waals surface area contributed by atoms with E-state index in [1.165, 1.54) is 17.8 Å². The first-order valence-corrected chi connectivity index (χ1v) is 13.4. The van der Waals surface area contributed by atoms with Crippen LogP contribution in [0.3, 0.4) is 0 Å². The Bertz CT molecular complexity index is 793. The molecule has 2 aliphatic carbocycles. The Morgan fingerprint density at radius 3 is 2.70 bits per heavy atom. The number of carbonyl (C=O) groups excluding carboxylic acids is 1. The summed E-state index contributed by atoms with van der Waals surface area (Å²) in [6, 6.07) is 6.12. The molecule has 7 heteroatoms. The molecular formula is C26H39NO5S. The SMILES string of the molecule is CCC1(C(O)CCCC2[C@@H](CCCc3ccc(C(=O)OCCO)s3)C(C#N)C[C@H]2O)CCC1. The van der Waals surface area contributed by atoms with Crippen LogP contribution in [0, 0.1) is 34.5 Å². The lowest BCUT2D eigenvalue weighted by molar-refractivity contribution is -0.0444. The molecule has 0 aliphatic heterocycles. The molecule has 0 saturated heterocycles. The van der Waals surface area contributed by atoms with Crippen molar-refractivity contribution in [3.63, 3.8) is 0 Å². The largest absolute Gasteiger partial charge is 0.459 e. The average molecular weight is 478 g/mol. The summed E-state index contributed by atoms with van der Waals surface area (Å²) in [5, 5.41) is 39.8. The number of ether oxygens (including phenoxy) is 1. The number of esters is 1. The Hall–Kier alpha value is -1.46. The molecule has 2 saturated carbocycles. The molecule has 6 nitrogen and oxygen atoms in total. The van der Waals surface area contributed by atoms with Gasteiger partial charge in [0.05, 0.1) is 30.8 Å². The van der Waals surface area contributed by atoms with Crippen molar-refractivity contribution in [2.45, 2.75) is 89.8 Å². The molecule has 3 unspecified atom stereocenters. The highest BCUT2D eigenvalue weighted by atomic mass is 32.1. The van der Waals surface area contributed by atoms with Gasteiger partial charge in [0.2, 0.25) is 0 Å². The van der Waals surface area contributed by atoms with Gasteiger partial charge in [-0.3, -0.25) is 0 Å². The van der Waals surface area contributed by atoms with E-state index in [1.54, 1.807) is 6.07 Å². The van der Waals surface area contributed by atoms with Crippen molar-refractivity contribution in [1.82, 2.24) is 0 Å². The third kappa shape index (κ3) is 6.36. The van der Waals surface area contributed by atoms with Gasteiger partial charge in [-0.1, -0.05) is 19.8 Å². The highest BCUT2D eigenvalue weighted by Gasteiger charge is 2.43. The van der Waals surface area contributed by atoms with Crippen LogP contribution >= 0.6 is 11.3 Å². The quantitative estimate of drug-likeness (QED) is 0.362. The number of hydrogen-bond donors (Lipinski definition) is 3. The average Bonchev–Trinajstić information content (AvgIpc) is 3.37. The number of nitriles is 1. The van der Waals surface area contributed by atoms with Crippen LogP contribution in [0.5, 0.6) is 0 Å². The molecule has 1 aromatic heterocycles. The van der Waals surface area contributed by atoms with Crippen molar-refractivity contribution in [3.05, 3.63) is 21.9 Å². The molecule has 2 fully saturated rings. The van der Waals surface area contributed by atoms with E-state index in [0.29, 0.717) is 11.3 Å². The van der Waals surface area contributed by atoms with Crippen LogP contribution in [0.2, 0.25) is 0 Å². The van der Waals surface area contributed by atoms with Crippen LogP contribution in [-0.2, 0) is 11.2 Å². The highest BCUT2D eigenvalue weighted by molar-refractivity contribution is 7.13. The first-order valence-electron chi connectivity index (χ1n) is 12.6. The van der Waals surface area contributed by atoms with Crippen molar-refractivity contribution in [2.24, 2.45) is 23.2 Å². The van der Waals surface area contributed by atoms with Crippen LogP contribution in [0.25, 0.3) is 0 Å². The van der Waals surface area contributed by atoms with Gasteiger partial charge in [0.1, 0.15) is 11.5 Å². The summed E-state index contributed by atoms with van der Waals surface area (Å²) in [5.74, 6) is -0.221. The van der Waals surface area contributed by atoms with Crippen LogP contribution in [0.4, 0.5) is 0 Å². The van der Waals surface area contributed by atoms with Gasteiger partial charge in [0.15, 0.2) is 0 Å². The van der Waals surface area contributed by atoms with Crippen LogP contribution in [0.15, 0.2) is 12.1 Å². The summed E-state index contributed by atoms with van der Waals surface area (Å²) in [7, 11) is 0. The number of aliphatic hydroxyl groups is 3. The lowest BCUT2D eigenvalue weighted by Crippen LogP contribution is -2.40. The van der Waals surface area contributed by atoms with E-state index in [0.717, 1.165) is 62.7 Å². The fraction of sp³-hybridized carbons (Fsp3) is 0.769. The minimum atomic E-state index is -0.435. The number of rotatable bonds is 13. The number of aryl methyl sites for hydroxylation is 1. The van der Waals surface area contributed by atoms with Gasteiger partial charge < -0.3 is 20.1 Å². The zero-order valence-electron chi connectivity index (χ0n) is 19.7. The monoisotopic (exact) mass is 477 g/mol. The lowest BCUT2D eigenvalue weighted by Gasteiger charge is -2.45. The third-order valence-electron chi connectivity index (χ3n) is 8.15. The fourth-order valence-electron chi connectivity index (χ4n) is 5.91. The smallest absolute Gasteiger partial charge is 0.348 e. The molecule has 1 aromatic rings. The number of nitrogens with zero attached hydrogens (tertiary/aromatic N) is 1. The maximum Gasteiger partial charge on any atom is 0.348 e. The normalized spacial score (nSPS) is 27.0. The molecule has 33 heavy (non-hydrogen) atoms. The Balaban J connectivity index is 1.48. The molecule has 5 atom stereocenters. The minimum absolute atomic E-state index is 0.00344. The van der Waals surface area contributed by atoms with Crippen molar-refractivity contribution in [3.8, 4) is 6.07 Å². The van der Waals surface area contributed by atoms with E-state index in [9.17, 15) is 20.3 Å². The molecule has 0 bridgehead atoms. The van der Waals surface area contributed by atoms with Gasteiger partial charge in [-0.25, -0.2) is 4.79 Å². The van der Waals surface area contributed by atoms with Gasteiger partial charge in [-0.2, -0.15) is 5.26 Å². The number of carbonyl (C=O) groups is 1. The third-order valence-corrected chi connectivity index (χ3v) is 9.27. The summed E-state index contributed by atoms with van der Waals surface area (Å²) >= 11 is 1.41. The standard InChI is InChI=1S/C26H39NO5S/c1-2-26(12-5-13-26)24(30)9-4-8-21-20(18(17-27)16-22(21)29)7-3-6-19-10-11-23(33-19)25(31)32-15-14-28/h10-11,18,20-22,24,28-30H,2-9,12-16H2,1H3/t18?,20-,21?,22+,24?/m0/s1. The molecule has 0 spiro atoms. The Labute approximate surface area is 201 Å². The number of aliphatic hydroxyl groups excluding tert-OH is 3. The second-order valence-electron chi connectivity index (χ2n) is 9.90.